The molecular formula is C21H26FN3O3S. The molecule has 3 rings (SSSR count). The maximum absolute atomic E-state index is 14.0. The fourth-order valence-corrected chi connectivity index (χ4v) is 4.26. The van der Waals surface area contributed by atoms with Gasteiger partial charge in [-0.1, -0.05) is 24.3 Å². The summed E-state index contributed by atoms with van der Waals surface area (Å²) in [6.45, 7) is 1.92. The molecule has 1 aliphatic rings. The number of carbonyl (C=O) groups is 1. The first-order chi connectivity index (χ1) is 13.8. The second-order valence-corrected chi connectivity index (χ2v) is 9.12. The van der Waals surface area contributed by atoms with Gasteiger partial charge in [-0.15, -0.1) is 0 Å². The topological polar surface area (TPSA) is 69.7 Å². The number of anilines is 2. The Balaban J connectivity index is 1.60. The third-order valence-corrected chi connectivity index (χ3v) is 6.08. The fraction of sp³-hybridized carbons (Fsp3) is 0.381. The van der Waals surface area contributed by atoms with Crippen LogP contribution < -0.4 is 14.5 Å². The van der Waals surface area contributed by atoms with E-state index >= 15 is 0 Å². The molecule has 2 aromatic carbocycles. The summed E-state index contributed by atoms with van der Waals surface area (Å²) in [4.78, 5) is 14.7. The van der Waals surface area contributed by atoms with E-state index in [2.05, 4.69) is 10.2 Å². The molecule has 8 heteroatoms. The molecule has 1 heterocycles. The highest BCUT2D eigenvalue weighted by Crippen LogP contribution is 2.22. The Morgan fingerprint density at radius 3 is 2.34 bits per heavy atom. The molecule has 0 aliphatic carbocycles. The number of hydrogen-bond donors (Lipinski definition) is 1. The van der Waals surface area contributed by atoms with Crippen LogP contribution in [-0.4, -0.2) is 40.2 Å². The molecule has 0 spiro atoms. The Bertz CT molecular complexity index is 942. The van der Waals surface area contributed by atoms with Gasteiger partial charge < -0.3 is 10.2 Å². The number of amides is 1. The molecular weight excluding hydrogens is 393 g/mol. The first kappa shape index (κ1) is 21.1. The van der Waals surface area contributed by atoms with Crippen LogP contribution in [0.2, 0.25) is 0 Å². The van der Waals surface area contributed by atoms with Gasteiger partial charge in [-0.05, 0) is 49.1 Å². The summed E-state index contributed by atoms with van der Waals surface area (Å²) in [6, 6.07) is 13.5. The van der Waals surface area contributed by atoms with E-state index in [0.717, 1.165) is 35.3 Å². The average molecular weight is 420 g/mol. The lowest BCUT2D eigenvalue weighted by Gasteiger charge is -2.28. The van der Waals surface area contributed by atoms with Crippen molar-refractivity contribution in [3.63, 3.8) is 0 Å². The zero-order valence-corrected chi connectivity index (χ0v) is 17.3. The number of nitrogens with zero attached hydrogens (tertiary/aromatic N) is 2. The lowest BCUT2D eigenvalue weighted by atomic mass is 10.1. The van der Waals surface area contributed by atoms with Crippen LogP contribution in [0.3, 0.4) is 0 Å². The van der Waals surface area contributed by atoms with Crippen LogP contribution in [0.4, 0.5) is 15.8 Å². The number of halogens is 1. The zero-order chi connectivity index (χ0) is 20.9. The highest BCUT2D eigenvalue weighted by molar-refractivity contribution is 7.92. The predicted molar refractivity (Wildman–Crippen MR) is 113 cm³/mol. The molecule has 1 N–H and O–H groups in total. The van der Waals surface area contributed by atoms with E-state index in [-0.39, 0.29) is 12.2 Å². The van der Waals surface area contributed by atoms with E-state index in [4.69, 9.17) is 0 Å². The summed E-state index contributed by atoms with van der Waals surface area (Å²) < 4.78 is 38.9. The van der Waals surface area contributed by atoms with Crippen molar-refractivity contribution in [2.45, 2.75) is 25.8 Å². The van der Waals surface area contributed by atoms with Gasteiger partial charge in [-0.2, -0.15) is 0 Å². The quantitative estimate of drug-likeness (QED) is 0.749. The highest BCUT2D eigenvalue weighted by atomic mass is 32.2. The van der Waals surface area contributed by atoms with Gasteiger partial charge in [-0.3, -0.25) is 9.10 Å². The summed E-state index contributed by atoms with van der Waals surface area (Å²) in [5.41, 5.74) is 1.94. The van der Waals surface area contributed by atoms with E-state index in [0.29, 0.717) is 0 Å². The Morgan fingerprint density at radius 1 is 1.07 bits per heavy atom. The number of rotatable bonds is 7. The summed E-state index contributed by atoms with van der Waals surface area (Å²) in [7, 11) is -3.81. The van der Waals surface area contributed by atoms with E-state index in [1.54, 1.807) is 0 Å². The van der Waals surface area contributed by atoms with Crippen LogP contribution in [0.25, 0.3) is 0 Å². The molecule has 0 unspecified atom stereocenters. The Labute approximate surface area is 171 Å². The SMILES string of the molecule is CS(=O)(=O)N(CC(=O)NCc1ccc(N2CCCCC2)cc1)c1ccccc1F. The first-order valence-electron chi connectivity index (χ1n) is 9.67. The van der Waals surface area contributed by atoms with Crippen molar-refractivity contribution in [2.24, 2.45) is 0 Å². The molecule has 2 aromatic rings. The lowest BCUT2D eigenvalue weighted by Crippen LogP contribution is -2.40. The van der Waals surface area contributed by atoms with Crippen LogP contribution in [-0.2, 0) is 21.4 Å². The maximum Gasteiger partial charge on any atom is 0.241 e. The number of nitrogens with one attached hydrogen (secondary N) is 1. The second kappa shape index (κ2) is 9.26. The minimum atomic E-state index is -3.81. The number of benzene rings is 2. The van der Waals surface area contributed by atoms with Gasteiger partial charge in [-0.25, -0.2) is 12.8 Å². The molecule has 0 atom stereocenters. The van der Waals surface area contributed by atoms with Gasteiger partial charge in [0.1, 0.15) is 12.4 Å². The Kier molecular flexibility index (Phi) is 6.74. The van der Waals surface area contributed by atoms with Crippen molar-refractivity contribution in [2.75, 3.05) is 35.1 Å². The van der Waals surface area contributed by atoms with Crippen LogP contribution in [0.15, 0.2) is 48.5 Å². The Morgan fingerprint density at radius 2 is 1.72 bits per heavy atom. The maximum atomic E-state index is 14.0. The number of carbonyl (C=O) groups excluding carboxylic acids is 1. The van der Waals surface area contributed by atoms with Gasteiger partial charge in [0.15, 0.2) is 0 Å². The summed E-state index contributed by atoms with van der Waals surface area (Å²) in [6.07, 6.45) is 4.64. The molecule has 1 amide bonds. The molecule has 0 bridgehead atoms. The molecule has 29 heavy (non-hydrogen) atoms. The smallest absolute Gasteiger partial charge is 0.241 e. The van der Waals surface area contributed by atoms with Crippen molar-refractivity contribution < 1.29 is 17.6 Å². The molecule has 0 aromatic heterocycles. The van der Waals surface area contributed by atoms with E-state index in [1.807, 2.05) is 24.3 Å². The van der Waals surface area contributed by atoms with E-state index in [9.17, 15) is 17.6 Å². The molecule has 6 nitrogen and oxygen atoms in total. The zero-order valence-electron chi connectivity index (χ0n) is 16.5. The highest BCUT2D eigenvalue weighted by Gasteiger charge is 2.23. The summed E-state index contributed by atoms with van der Waals surface area (Å²) in [5, 5.41) is 2.71. The van der Waals surface area contributed by atoms with E-state index in [1.165, 1.54) is 43.1 Å². The van der Waals surface area contributed by atoms with Crippen LogP contribution in [0.1, 0.15) is 24.8 Å². The standard InChI is InChI=1S/C21H26FN3O3S/c1-29(27,28)25(20-8-4-3-7-19(20)22)16-21(26)23-15-17-9-11-18(12-10-17)24-13-5-2-6-14-24/h3-4,7-12H,2,5-6,13-16H2,1H3,(H,23,26). The molecule has 156 valence electrons. The number of sulfonamides is 1. The van der Waals surface area contributed by atoms with Gasteiger partial charge in [0.2, 0.25) is 15.9 Å². The Hall–Kier alpha value is -2.61. The van der Waals surface area contributed by atoms with Crippen molar-refractivity contribution in [3.8, 4) is 0 Å². The predicted octanol–water partition coefficient (Wildman–Crippen LogP) is 2.90. The minimum Gasteiger partial charge on any atom is -0.372 e. The van der Waals surface area contributed by atoms with Gasteiger partial charge >= 0.3 is 0 Å². The van der Waals surface area contributed by atoms with Crippen molar-refractivity contribution in [3.05, 3.63) is 59.9 Å². The minimum absolute atomic E-state index is 0.143. The molecule has 0 radical (unpaired) electrons. The van der Waals surface area contributed by atoms with Crippen molar-refractivity contribution in [1.82, 2.24) is 5.32 Å². The van der Waals surface area contributed by atoms with Crippen LogP contribution >= 0.6 is 0 Å². The van der Waals surface area contributed by atoms with E-state index < -0.39 is 28.3 Å². The number of piperidine rings is 1. The largest absolute Gasteiger partial charge is 0.372 e. The van der Waals surface area contributed by atoms with Gasteiger partial charge in [0.05, 0.1) is 11.9 Å². The first-order valence-corrected chi connectivity index (χ1v) is 11.5. The lowest BCUT2D eigenvalue weighted by molar-refractivity contribution is -0.119. The second-order valence-electron chi connectivity index (χ2n) is 7.21. The molecule has 1 aliphatic heterocycles. The summed E-state index contributed by atoms with van der Waals surface area (Å²) in [5.74, 6) is -1.20. The molecule has 0 saturated carbocycles. The normalized spacial score (nSPS) is 14.5. The van der Waals surface area contributed by atoms with Crippen LogP contribution in [0.5, 0.6) is 0 Å². The van der Waals surface area contributed by atoms with Crippen molar-refractivity contribution >= 4 is 27.3 Å². The molecule has 1 saturated heterocycles. The summed E-state index contributed by atoms with van der Waals surface area (Å²) >= 11 is 0. The average Bonchev–Trinajstić information content (AvgIpc) is 2.71. The number of hydrogen-bond acceptors (Lipinski definition) is 4. The third kappa shape index (κ3) is 5.69. The monoisotopic (exact) mass is 419 g/mol. The number of para-hydroxylation sites is 1. The third-order valence-electron chi connectivity index (χ3n) is 4.96. The van der Waals surface area contributed by atoms with Gasteiger partial charge in [0.25, 0.3) is 0 Å². The fourth-order valence-electron chi connectivity index (χ4n) is 3.40. The van der Waals surface area contributed by atoms with Gasteiger partial charge in [0, 0.05) is 25.3 Å². The van der Waals surface area contributed by atoms with Crippen LogP contribution in [0, 0.1) is 5.82 Å². The van der Waals surface area contributed by atoms with Crippen molar-refractivity contribution in [1.29, 1.82) is 0 Å². The molecule has 1 fully saturated rings.